The second-order valence-electron chi connectivity index (χ2n) is 3.91. The summed E-state index contributed by atoms with van der Waals surface area (Å²) >= 11 is 0. The molecule has 0 aliphatic heterocycles. The molecule has 0 unspecified atom stereocenters. The fourth-order valence-corrected chi connectivity index (χ4v) is 1.88. The Morgan fingerprint density at radius 3 is 2.24 bits per heavy atom. The molecular weight excluding hydrogens is 221 g/mol. The summed E-state index contributed by atoms with van der Waals surface area (Å²) < 4.78 is 12.7. The van der Waals surface area contributed by atoms with Crippen LogP contribution in [0.3, 0.4) is 0 Å². The van der Waals surface area contributed by atoms with Gasteiger partial charge in [0.1, 0.15) is 11.9 Å². The van der Waals surface area contributed by atoms with Crippen molar-refractivity contribution in [1.29, 1.82) is 0 Å². The van der Waals surface area contributed by atoms with E-state index in [0.29, 0.717) is 19.5 Å². The Balaban J connectivity index is 2.79. The molecule has 0 heterocycles. The van der Waals surface area contributed by atoms with Crippen molar-refractivity contribution in [3.05, 3.63) is 35.6 Å². The van der Waals surface area contributed by atoms with E-state index in [2.05, 4.69) is 0 Å². The van der Waals surface area contributed by atoms with Crippen molar-refractivity contribution in [2.24, 2.45) is 0 Å². The molecule has 3 nitrogen and oxygen atoms in total. The third-order valence-electron chi connectivity index (χ3n) is 2.88. The highest BCUT2D eigenvalue weighted by molar-refractivity contribution is 5.73. The quantitative estimate of drug-likeness (QED) is 0.827. The van der Waals surface area contributed by atoms with Crippen LogP contribution < -0.4 is 0 Å². The van der Waals surface area contributed by atoms with Gasteiger partial charge in [-0.05, 0) is 37.2 Å². The molecule has 0 radical (unpaired) electrons. The monoisotopic (exact) mass is 239 g/mol. The lowest BCUT2D eigenvalue weighted by Gasteiger charge is -2.26. The van der Waals surface area contributed by atoms with Gasteiger partial charge in [-0.1, -0.05) is 26.0 Å². The highest BCUT2D eigenvalue weighted by Crippen LogP contribution is 2.10. The zero-order chi connectivity index (χ0) is 12.8. The molecule has 0 saturated carbocycles. The lowest BCUT2D eigenvalue weighted by atomic mass is 10.0. The molecule has 1 aromatic carbocycles. The largest absolute Gasteiger partial charge is 0.480 e. The number of carboxylic acid groups (broad SMARTS) is 1. The minimum atomic E-state index is -0.835. The Morgan fingerprint density at radius 2 is 1.82 bits per heavy atom. The summed E-state index contributed by atoms with van der Waals surface area (Å²) in [6, 6.07) is 5.44. The molecule has 0 amide bonds. The molecule has 4 heteroatoms. The minimum absolute atomic E-state index is 0.302. The molecule has 0 spiro atoms. The average molecular weight is 239 g/mol. The number of carbonyl (C=O) groups is 1. The minimum Gasteiger partial charge on any atom is -0.480 e. The van der Waals surface area contributed by atoms with Gasteiger partial charge in [0.15, 0.2) is 0 Å². The number of aliphatic carboxylic acids is 1. The van der Waals surface area contributed by atoms with Gasteiger partial charge in [-0.25, -0.2) is 4.39 Å². The number of nitrogens with zero attached hydrogens (tertiary/aromatic N) is 1. The summed E-state index contributed by atoms with van der Waals surface area (Å²) in [4.78, 5) is 13.1. The van der Waals surface area contributed by atoms with E-state index in [1.807, 2.05) is 18.7 Å². The van der Waals surface area contributed by atoms with E-state index < -0.39 is 12.0 Å². The molecule has 17 heavy (non-hydrogen) atoms. The van der Waals surface area contributed by atoms with Crippen LogP contribution in [0.4, 0.5) is 4.39 Å². The van der Waals surface area contributed by atoms with Crippen LogP contribution in [0.1, 0.15) is 19.4 Å². The van der Waals surface area contributed by atoms with E-state index in [1.165, 1.54) is 12.1 Å². The fourth-order valence-electron chi connectivity index (χ4n) is 1.88. The summed E-state index contributed by atoms with van der Waals surface area (Å²) in [6.07, 6.45) is 0.400. The Bertz CT molecular complexity index is 360. The van der Waals surface area contributed by atoms with Crippen LogP contribution in [0, 0.1) is 5.82 Å². The maximum absolute atomic E-state index is 12.7. The normalized spacial score (nSPS) is 12.7. The summed E-state index contributed by atoms with van der Waals surface area (Å²) in [5.74, 6) is -1.14. The lowest BCUT2D eigenvalue weighted by molar-refractivity contribution is -0.143. The molecule has 1 N–H and O–H groups in total. The third kappa shape index (κ3) is 3.82. The van der Waals surface area contributed by atoms with Crippen molar-refractivity contribution < 1.29 is 14.3 Å². The first-order valence-electron chi connectivity index (χ1n) is 5.79. The van der Waals surface area contributed by atoms with Gasteiger partial charge in [0.05, 0.1) is 0 Å². The maximum Gasteiger partial charge on any atom is 0.321 e. The Hall–Kier alpha value is -1.42. The van der Waals surface area contributed by atoms with Crippen molar-refractivity contribution in [1.82, 2.24) is 4.90 Å². The number of benzene rings is 1. The number of halogens is 1. The molecule has 0 saturated heterocycles. The van der Waals surface area contributed by atoms with E-state index in [-0.39, 0.29) is 5.82 Å². The van der Waals surface area contributed by atoms with Gasteiger partial charge in [-0.3, -0.25) is 9.69 Å². The van der Waals surface area contributed by atoms with E-state index in [1.54, 1.807) is 12.1 Å². The highest BCUT2D eigenvalue weighted by atomic mass is 19.1. The number of hydrogen-bond donors (Lipinski definition) is 1. The molecule has 0 aliphatic rings. The van der Waals surface area contributed by atoms with Crippen LogP contribution in [-0.2, 0) is 11.2 Å². The fraction of sp³-hybridized carbons (Fsp3) is 0.462. The van der Waals surface area contributed by atoms with Crippen LogP contribution in [0.5, 0.6) is 0 Å². The second-order valence-corrected chi connectivity index (χ2v) is 3.91. The standard InChI is InChI=1S/C13H18FNO2/c1-3-15(4-2)12(13(16)17)9-10-5-7-11(14)8-6-10/h5-8,12H,3-4,9H2,1-2H3,(H,16,17)/t12-/m1/s1. The highest BCUT2D eigenvalue weighted by Gasteiger charge is 2.23. The Labute approximate surface area is 101 Å². The van der Waals surface area contributed by atoms with Crippen LogP contribution in [-0.4, -0.2) is 35.1 Å². The number of rotatable bonds is 6. The van der Waals surface area contributed by atoms with Gasteiger partial charge in [-0.2, -0.15) is 0 Å². The smallest absolute Gasteiger partial charge is 0.321 e. The first-order valence-corrected chi connectivity index (χ1v) is 5.79. The van der Waals surface area contributed by atoms with Gasteiger partial charge >= 0.3 is 5.97 Å². The SMILES string of the molecule is CCN(CC)[C@H](Cc1ccc(F)cc1)C(=O)O. The Kier molecular flexibility index (Phi) is 5.10. The summed E-state index contributed by atoms with van der Waals surface area (Å²) in [5, 5.41) is 9.21. The zero-order valence-corrected chi connectivity index (χ0v) is 10.2. The van der Waals surface area contributed by atoms with Crippen LogP contribution in [0.25, 0.3) is 0 Å². The molecule has 1 aromatic rings. The van der Waals surface area contributed by atoms with Crippen molar-refractivity contribution in [3.63, 3.8) is 0 Å². The van der Waals surface area contributed by atoms with Crippen LogP contribution >= 0.6 is 0 Å². The van der Waals surface area contributed by atoms with E-state index in [4.69, 9.17) is 0 Å². The molecule has 0 aliphatic carbocycles. The molecule has 0 fully saturated rings. The van der Waals surface area contributed by atoms with Gasteiger partial charge in [-0.15, -0.1) is 0 Å². The molecule has 0 aromatic heterocycles. The first kappa shape index (κ1) is 13.6. The lowest BCUT2D eigenvalue weighted by Crippen LogP contribution is -2.42. The van der Waals surface area contributed by atoms with Crippen molar-refractivity contribution in [2.75, 3.05) is 13.1 Å². The number of carboxylic acids is 1. The first-order chi connectivity index (χ1) is 8.08. The third-order valence-corrected chi connectivity index (χ3v) is 2.88. The maximum atomic E-state index is 12.7. The summed E-state index contributed by atoms with van der Waals surface area (Å²) in [7, 11) is 0. The summed E-state index contributed by atoms with van der Waals surface area (Å²) in [6.45, 7) is 5.25. The van der Waals surface area contributed by atoms with Gasteiger partial charge in [0.2, 0.25) is 0 Å². The summed E-state index contributed by atoms with van der Waals surface area (Å²) in [5.41, 5.74) is 0.839. The number of hydrogen-bond acceptors (Lipinski definition) is 2. The average Bonchev–Trinajstić information content (AvgIpc) is 2.31. The topological polar surface area (TPSA) is 40.5 Å². The van der Waals surface area contributed by atoms with Crippen LogP contribution in [0.2, 0.25) is 0 Å². The van der Waals surface area contributed by atoms with E-state index >= 15 is 0 Å². The molecule has 94 valence electrons. The predicted octanol–water partition coefficient (Wildman–Crippen LogP) is 2.16. The van der Waals surface area contributed by atoms with Gasteiger partial charge < -0.3 is 5.11 Å². The Morgan fingerprint density at radius 1 is 1.29 bits per heavy atom. The van der Waals surface area contributed by atoms with Gasteiger partial charge in [0, 0.05) is 0 Å². The van der Waals surface area contributed by atoms with Crippen LogP contribution in [0.15, 0.2) is 24.3 Å². The predicted molar refractivity (Wildman–Crippen MR) is 64.4 cm³/mol. The molecule has 0 bridgehead atoms. The number of likely N-dealkylation sites (N-methyl/N-ethyl adjacent to an activating group) is 1. The van der Waals surface area contributed by atoms with Crippen molar-refractivity contribution in [2.45, 2.75) is 26.3 Å². The zero-order valence-electron chi connectivity index (χ0n) is 10.2. The molecule has 1 rings (SSSR count). The van der Waals surface area contributed by atoms with Gasteiger partial charge in [0.25, 0.3) is 0 Å². The van der Waals surface area contributed by atoms with Crippen molar-refractivity contribution >= 4 is 5.97 Å². The van der Waals surface area contributed by atoms with E-state index in [9.17, 15) is 14.3 Å². The van der Waals surface area contributed by atoms with Crippen molar-refractivity contribution in [3.8, 4) is 0 Å². The molecule has 1 atom stereocenters. The van der Waals surface area contributed by atoms with E-state index in [0.717, 1.165) is 5.56 Å². The molecular formula is C13H18FNO2. The second kappa shape index (κ2) is 6.35.